The summed E-state index contributed by atoms with van der Waals surface area (Å²) in [7, 11) is 0. The lowest BCUT2D eigenvalue weighted by Crippen LogP contribution is -2.27. The second-order valence-electron chi connectivity index (χ2n) is 4.04. The van der Waals surface area contributed by atoms with Crippen molar-refractivity contribution in [1.29, 1.82) is 0 Å². The van der Waals surface area contributed by atoms with Gasteiger partial charge in [-0.1, -0.05) is 30.0 Å². The number of aliphatic imine (C=N–C) groups is 1. The molecule has 2 aromatic rings. The number of hydrogen-bond donors (Lipinski definition) is 1. The summed E-state index contributed by atoms with van der Waals surface area (Å²) >= 11 is 3.14. The highest BCUT2D eigenvalue weighted by Gasteiger charge is 2.17. The van der Waals surface area contributed by atoms with Crippen LogP contribution in [0.2, 0.25) is 0 Å². The van der Waals surface area contributed by atoms with Gasteiger partial charge in [-0.3, -0.25) is 9.79 Å². The highest BCUT2D eigenvalue weighted by molar-refractivity contribution is 8.14. The molecule has 1 aromatic heterocycles. The van der Waals surface area contributed by atoms with E-state index in [-0.39, 0.29) is 5.91 Å². The lowest BCUT2D eigenvalue weighted by atomic mass is 10.1. The van der Waals surface area contributed by atoms with Crippen LogP contribution in [0, 0.1) is 6.92 Å². The van der Waals surface area contributed by atoms with Gasteiger partial charge in [0.25, 0.3) is 5.91 Å². The average Bonchev–Trinajstić information content (AvgIpc) is 2.98. The molecule has 0 atom stereocenters. The van der Waals surface area contributed by atoms with Gasteiger partial charge in [0.1, 0.15) is 0 Å². The third-order valence-corrected chi connectivity index (χ3v) is 5.02. The molecule has 0 unspecified atom stereocenters. The number of thioether (sulfide) groups is 1. The first-order valence-electron chi connectivity index (χ1n) is 5.72. The molecule has 18 heavy (non-hydrogen) atoms. The Morgan fingerprint density at radius 3 is 2.94 bits per heavy atom. The quantitative estimate of drug-likeness (QED) is 0.870. The van der Waals surface area contributed by atoms with E-state index in [0.29, 0.717) is 0 Å². The predicted molar refractivity (Wildman–Crippen MR) is 78.8 cm³/mol. The van der Waals surface area contributed by atoms with Crippen LogP contribution in [-0.2, 0) is 0 Å². The van der Waals surface area contributed by atoms with Gasteiger partial charge in [0.05, 0.1) is 11.4 Å². The zero-order chi connectivity index (χ0) is 12.5. The normalized spacial score (nSPS) is 14.8. The molecule has 0 spiro atoms. The van der Waals surface area contributed by atoms with Crippen LogP contribution in [0.3, 0.4) is 0 Å². The molecule has 3 nitrogen and oxygen atoms in total. The standard InChI is InChI=1S/C13H12N2OS2/c1-8-9-4-2-3-5-10(9)18-11(8)12(16)15-13-14-6-7-17-13/h2-5H,6-7H2,1H3,(H,14,15,16). The Labute approximate surface area is 113 Å². The van der Waals surface area contributed by atoms with Crippen molar-refractivity contribution in [3.05, 3.63) is 34.7 Å². The fourth-order valence-electron chi connectivity index (χ4n) is 1.96. The molecule has 2 heterocycles. The maximum atomic E-state index is 12.2. The Balaban J connectivity index is 1.93. The summed E-state index contributed by atoms with van der Waals surface area (Å²) in [6, 6.07) is 8.10. The Bertz CT molecular complexity index is 645. The van der Waals surface area contributed by atoms with E-state index in [1.54, 1.807) is 11.8 Å². The van der Waals surface area contributed by atoms with Crippen molar-refractivity contribution in [2.75, 3.05) is 12.3 Å². The first-order chi connectivity index (χ1) is 8.75. The number of hydrogen-bond acceptors (Lipinski definition) is 4. The number of thiophene rings is 1. The van der Waals surface area contributed by atoms with Crippen LogP contribution in [0.5, 0.6) is 0 Å². The zero-order valence-electron chi connectivity index (χ0n) is 9.90. The number of nitrogens with zero attached hydrogens (tertiary/aromatic N) is 1. The Morgan fingerprint density at radius 2 is 2.22 bits per heavy atom. The van der Waals surface area contributed by atoms with Crippen molar-refractivity contribution >= 4 is 44.3 Å². The summed E-state index contributed by atoms with van der Waals surface area (Å²) in [5.41, 5.74) is 1.05. The molecular weight excluding hydrogens is 264 g/mol. The summed E-state index contributed by atoms with van der Waals surface area (Å²) in [5, 5.41) is 4.79. The van der Waals surface area contributed by atoms with Gasteiger partial charge < -0.3 is 5.32 Å². The second-order valence-corrected chi connectivity index (χ2v) is 6.18. The van der Waals surface area contributed by atoms with E-state index in [2.05, 4.69) is 16.4 Å². The van der Waals surface area contributed by atoms with E-state index in [0.717, 1.165) is 38.0 Å². The van der Waals surface area contributed by atoms with Gasteiger partial charge >= 0.3 is 0 Å². The Hall–Kier alpha value is -1.33. The van der Waals surface area contributed by atoms with Crippen molar-refractivity contribution in [3.8, 4) is 0 Å². The zero-order valence-corrected chi connectivity index (χ0v) is 11.5. The lowest BCUT2D eigenvalue weighted by molar-refractivity contribution is 0.0981. The largest absolute Gasteiger partial charge is 0.301 e. The number of amides is 1. The number of rotatable bonds is 1. The van der Waals surface area contributed by atoms with E-state index in [1.807, 2.05) is 25.1 Å². The molecule has 1 aliphatic heterocycles. The van der Waals surface area contributed by atoms with Gasteiger partial charge in [0.15, 0.2) is 5.17 Å². The minimum Gasteiger partial charge on any atom is -0.301 e. The molecule has 5 heteroatoms. The summed E-state index contributed by atoms with van der Waals surface area (Å²) < 4.78 is 1.15. The van der Waals surface area contributed by atoms with E-state index >= 15 is 0 Å². The van der Waals surface area contributed by atoms with Crippen molar-refractivity contribution in [2.24, 2.45) is 4.99 Å². The van der Waals surface area contributed by atoms with Crippen LogP contribution in [0.25, 0.3) is 10.1 Å². The van der Waals surface area contributed by atoms with Crippen LogP contribution in [-0.4, -0.2) is 23.4 Å². The predicted octanol–water partition coefficient (Wildman–Crippen LogP) is 3.04. The number of nitrogens with one attached hydrogen (secondary N) is 1. The third-order valence-electron chi connectivity index (χ3n) is 2.86. The highest BCUT2D eigenvalue weighted by Crippen LogP contribution is 2.30. The fourth-order valence-corrected chi connectivity index (χ4v) is 3.78. The molecular formula is C13H12N2OS2. The third kappa shape index (κ3) is 2.04. The van der Waals surface area contributed by atoms with Gasteiger partial charge in [-0.05, 0) is 23.9 Å². The number of carbonyl (C=O) groups excluding carboxylic acids is 1. The van der Waals surface area contributed by atoms with Gasteiger partial charge in [-0.2, -0.15) is 0 Å². The van der Waals surface area contributed by atoms with Crippen LogP contribution in [0.15, 0.2) is 29.3 Å². The number of aryl methyl sites for hydroxylation is 1. The first kappa shape index (κ1) is 11.7. The maximum absolute atomic E-state index is 12.2. The number of benzene rings is 1. The van der Waals surface area contributed by atoms with Gasteiger partial charge in [0.2, 0.25) is 0 Å². The van der Waals surface area contributed by atoms with Crippen molar-refractivity contribution in [3.63, 3.8) is 0 Å². The van der Waals surface area contributed by atoms with Crippen molar-refractivity contribution in [2.45, 2.75) is 6.92 Å². The van der Waals surface area contributed by atoms with Crippen LogP contribution < -0.4 is 5.32 Å². The molecule has 0 saturated heterocycles. The molecule has 1 aromatic carbocycles. The summed E-state index contributed by atoms with van der Waals surface area (Å²) in [4.78, 5) is 17.2. The summed E-state index contributed by atoms with van der Waals surface area (Å²) in [5.74, 6) is 0.919. The fraction of sp³-hybridized carbons (Fsp3) is 0.231. The second kappa shape index (κ2) is 4.74. The average molecular weight is 276 g/mol. The SMILES string of the molecule is Cc1c(C(=O)NC2=NCCS2)sc2ccccc12. The number of fused-ring (bicyclic) bond motifs is 1. The molecule has 3 rings (SSSR count). The van der Waals surface area contributed by atoms with E-state index in [9.17, 15) is 4.79 Å². The van der Waals surface area contributed by atoms with Gasteiger partial charge in [-0.25, -0.2) is 0 Å². The van der Waals surface area contributed by atoms with Crippen LogP contribution >= 0.6 is 23.1 Å². The number of amidine groups is 1. The topological polar surface area (TPSA) is 41.5 Å². The first-order valence-corrected chi connectivity index (χ1v) is 7.52. The minimum absolute atomic E-state index is 0.0400. The van der Waals surface area contributed by atoms with Crippen LogP contribution in [0.4, 0.5) is 0 Å². The van der Waals surface area contributed by atoms with Gasteiger partial charge in [0, 0.05) is 10.5 Å². The Morgan fingerprint density at radius 1 is 1.39 bits per heavy atom. The molecule has 0 radical (unpaired) electrons. The molecule has 0 fully saturated rings. The highest BCUT2D eigenvalue weighted by atomic mass is 32.2. The van der Waals surface area contributed by atoms with E-state index in [4.69, 9.17) is 0 Å². The summed E-state index contributed by atoms with van der Waals surface area (Å²) in [6.07, 6.45) is 0. The van der Waals surface area contributed by atoms with E-state index in [1.165, 1.54) is 11.3 Å². The molecule has 0 saturated carbocycles. The van der Waals surface area contributed by atoms with Gasteiger partial charge in [-0.15, -0.1) is 11.3 Å². The lowest BCUT2D eigenvalue weighted by Gasteiger charge is -2.02. The molecule has 1 N–H and O–H groups in total. The van der Waals surface area contributed by atoms with E-state index < -0.39 is 0 Å². The Kier molecular flexibility index (Phi) is 3.09. The van der Waals surface area contributed by atoms with Crippen molar-refractivity contribution in [1.82, 2.24) is 5.32 Å². The number of carbonyl (C=O) groups is 1. The smallest absolute Gasteiger partial charge is 0.267 e. The maximum Gasteiger partial charge on any atom is 0.267 e. The molecule has 0 aliphatic carbocycles. The summed E-state index contributed by atoms with van der Waals surface area (Å²) in [6.45, 7) is 2.79. The molecule has 92 valence electrons. The monoisotopic (exact) mass is 276 g/mol. The van der Waals surface area contributed by atoms with Crippen molar-refractivity contribution < 1.29 is 4.79 Å². The molecule has 1 aliphatic rings. The molecule has 1 amide bonds. The van der Waals surface area contributed by atoms with Crippen LogP contribution in [0.1, 0.15) is 15.2 Å². The minimum atomic E-state index is -0.0400. The molecule has 0 bridgehead atoms.